The highest BCUT2D eigenvalue weighted by Crippen LogP contribution is 2.44. The van der Waals surface area contributed by atoms with E-state index in [0.29, 0.717) is 28.3 Å². The van der Waals surface area contributed by atoms with E-state index in [9.17, 15) is 10.1 Å². The van der Waals surface area contributed by atoms with Crippen LogP contribution < -0.4 is 19.9 Å². The van der Waals surface area contributed by atoms with Gasteiger partial charge in [-0.05, 0) is 42.3 Å². The maximum atomic E-state index is 13.0. The SMILES string of the molecule is CCCCOc1ccc(C2C(C#N)=C(N)Oc3cc(OC(=O)c4sc5cccc(Cl)c5c4Cl)ccc32)cc1. The standard InChI is InChI=1S/C29H22Cl2N2O4S/c1-2-3-13-35-17-9-7-16(8-10-17)24-19-12-11-18(14-22(19)37-28(33)20(24)15-32)36-29(34)27-26(31)25-21(30)5-4-6-23(25)38-27/h4-12,14,24H,2-3,13,33H2,1H3. The number of carbonyl (C=O) groups is 1. The lowest BCUT2D eigenvalue weighted by Crippen LogP contribution is -2.21. The Bertz CT molecular complexity index is 1610. The van der Waals surface area contributed by atoms with Gasteiger partial charge < -0.3 is 19.9 Å². The van der Waals surface area contributed by atoms with Gasteiger partial charge in [0.15, 0.2) is 0 Å². The first kappa shape index (κ1) is 25.9. The number of rotatable bonds is 7. The van der Waals surface area contributed by atoms with Gasteiger partial charge in [0, 0.05) is 21.7 Å². The Morgan fingerprint density at radius 1 is 1.13 bits per heavy atom. The van der Waals surface area contributed by atoms with Crippen LogP contribution in [0.3, 0.4) is 0 Å². The van der Waals surface area contributed by atoms with Crippen LogP contribution in [0.1, 0.15) is 46.5 Å². The van der Waals surface area contributed by atoms with Gasteiger partial charge in [-0.2, -0.15) is 5.26 Å². The summed E-state index contributed by atoms with van der Waals surface area (Å²) in [6.07, 6.45) is 2.03. The molecule has 0 spiro atoms. The van der Waals surface area contributed by atoms with Gasteiger partial charge in [-0.15, -0.1) is 11.3 Å². The lowest BCUT2D eigenvalue weighted by molar-refractivity contribution is 0.0740. The van der Waals surface area contributed by atoms with Crippen LogP contribution in [-0.2, 0) is 0 Å². The molecule has 0 saturated carbocycles. The first-order valence-electron chi connectivity index (χ1n) is 11.9. The number of allylic oxidation sites excluding steroid dienone is 1. The van der Waals surface area contributed by atoms with Crippen LogP contribution in [0.2, 0.25) is 10.0 Å². The van der Waals surface area contributed by atoms with Gasteiger partial charge in [0.1, 0.15) is 33.8 Å². The summed E-state index contributed by atoms with van der Waals surface area (Å²) in [7, 11) is 0. The van der Waals surface area contributed by atoms with Crippen molar-refractivity contribution in [2.24, 2.45) is 5.73 Å². The van der Waals surface area contributed by atoms with Gasteiger partial charge in [-0.1, -0.05) is 60.8 Å². The third-order valence-corrected chi connectivity index (χ3v) is 8.11. The van der Waals surface area contributed by atoms with Crippen molar-refractivity contribution in [1.29, 1.82) is 5.26 Å². The number of carbonyl (C=O) groups excluding carboxylic acids is 1. The molecule has 192 valence electrons. The Kier molecular flexibility index (Phi) is 7.48. The summed E-state index contributed by atoms with van der Waals surface area (Å²) in [5.74, 6) is 0.342. The first-order chi connectivity index (χ1) is 18.4. The number of nitriles is 1. The smallest absolute Gasteiger partial charge is 0.355 e. The summed E-state index contributed by atoms with van der Waals surface area (Å²) in [6, 6.07) is 20.1. The Labute approximate surface area is 233 Å². The molecule has 0 radical (unpaired) electrons. The molecule has 0 saturated heterocycles. The second-order valence-corrected chi connectivity index (χ2v) is 10.5. The van der Waals surface area contributed by atoms with Crippen LogP contribution in [0.25, 0.3) is 10.1 Å². The molecule has 2 N–H and O–H groups in total. The van der Waals surface area contributed by atoms with E-state index in [4.69, 9.17) is 43.1 Å². The average Bonchev–Trinajstić information content (AvgIpc) is 3.26. The second kappa shape index (κ2) is 11.0. The predicted molar refractivity (Wildman–Crippen MR) is 149 cm³/mol. The van der Waals surface area contributed by atoms with Crippen LogP contribution in [-0.4, -0.2) is 12.6 Å². The van der Waals surface area contributed by atoms with Crippen molar-refractivity contribution < 1.29 is 19.0 Å². The van der Waals surface area contributed by atoms with Crippen molar-refractivity contribution in [1.82, 2.24) is 0 Å². The number of ether oxygens (including phenoxy) is 3. The molecule has 1 atom stereocenters. The number of benzene rings is 3. The fraction of sp³-hybridized carbons (Fsp3) is 0.172. The number of fused-ring (bicyclic) bond motifs is 2. The van der Waals surface area contributed by atoms with Crippen molar-refractivity contribution in [3.8, 4) is 23.3 Å². The number of hydrogen-bond acceptors (Lipinski definition) is 7. The molecule has 38 heavy (non-hydrogen) atoms. The fourth-order valence-electron chi connectivity index (χ4n) is 4.29. The number of esters is 1. The molecule has 9 heteroatoms. The van der Waals surface area contributed by atoms with Gasteiger partial charge in [0.2, 0.25) is 5.88 Å². The molecular weight excluding hydrogens is 543 g/mol. The Morgan fingerprint density at radius 3 is 2.61 bits per heavy atom. The molecule has 0 aliphatic carbocycles. The van der Waals surface area contributed by atoms with Crippen molar-refractivity contribution >= 4 is 50.6 Å². The lowest BCUT2D eigenvalue weighted by Gasteiger charge is -2.26. The van der Waals surface area contributed by atoms with Crippen LogP contribution in [0.4, 0.5) is 0 Å². The minimum atomic E-state index is -0.612. The van der Waals surface area contributed by atoms with Crippen LogP contribution in [0, 0.1) is 11.3 Å². The van der Waals surface area contributed by atoms with E-state index in [1.807, 2.05) is 30.3 Å². The molecule has 4 aromatic rings. The maximum Gasteiger partial charge on any atom is 0.355 e. The van der Waals surface area contributed by atoms with Gasteiger partial charge in [-0.3, -0.25) is 0 Å². The summed E-state index contributed by atoms with van der Waals surface area (Å²) in [5.41, 5.74) is 8.02. The fourth-order valence-corrected chi connectivity index (χ4v) is 6.11. The van der Waals surface area contributed by atoms with Crippen LogP contribution >= 0.6 is 34.5 Å². The summed E-state index contributed by atoms with van der Waals surface area (Å²) in [5, 5.41) is 11.2. The molecule has 1 aliphatic rings. The zero-order valence-electron chi connectivity index (χ0n) is 20.3. The lowest BCUT2D eigenvalue weighted by atomic mass is 9.83. The van der Waals surface area contributed by atoms with E-state index < -0.39 is 11.9 Å². The number of nitrogens with two attached hydrogens (primary N) is 1. The minimum absolute atomic E-state index is 0.000980. The summed E-state index contributed by atoms with van der Waals surface area (Å²) >= 11 is 13.9. The zero-order chi connectivity index (χ0) is 26.8. The number of hydrogen-bond donors (Lipinski definition) is 1. The van der Waals surface area contributed by atoms with E-state index in [1.54, 1.807) is 30.3 Å². The normalized spacial score (nSPS) is 14.5. The van der Waals surface area contributed by atoms with Gasteiger partial charge in [0.25, 0.3) is 0 Å². The highest BCUT2D eigenvalue weighted by atomic mass is 35.5. The molecule has 0 fully saturated rings. The van der Waals surface area contributed by atoms with Crippen LogP contribution in [0.5, 0.6) is 17.2 Å². The molecule has 2 heterocycles. The quantitative estimate of drug-likeness (QED) is 0.139. The van der Waals surface area contributed by atoms with E-state index >= 15 is 0 Å². The number of unbranched alkanes of at least 4 members (excludes halogenated alkanes) is 1. The number of halogens is 2. The van der Waals surface area contributed by atoms with Crippen molar-refractivity contribution in [3.63, 3.8) is 0 Å². The summed E-state index contributed by atoms with van der Waals surface area (Å²) in [6.45, 7) is 2.75. The van der Waals surface area contributed by atoms with E-state index in [2.05, 4.69) is 13.0 Å². The van der Waals surface area contributed by atoms with E-state index in [0.717, 1.165) is 34.4 Å². The Balaban J connectivity index is 1.43. The summed E-state index contributed by atoms with van der Waals surface area (Å²) < 4.78 is 18.0. The molecule has 1 unspecified atom stereocenters. The second-order valence-electron chi connectivity index (χ2n) is 8.64. The molecule has 0 amide bonds. The number of thiophene rings is 1. The van der Waals surface area contributed by atoms with E-state index in [1.165, 1.54) is 11.3 Å². The molecule has 3 aromatic carbocycles. The highest BCUT2D eigenvalue weighted by molar-refractivity contribution is 7.21. The molecule has 1 aliphatic heterocycles. The van der Waals surface area contributed by atoms with Crippen molar-refractivity contribution in [3.05, 3.63) is 98.2 Å². The molecule has 5 rings (SSSR count). The Morgan fingerprint density at radius 2 is 1.89 bits per heavy atom. The molecule has 6 nitrogen and oxygen atoms in total. The molecule has 0 bridgehead atoms. The largest absolute Gasteiger partial charge is 0.494 e. The van der Waals surface area contributed by atoms with Crippen molar-refractivity contribution in [2.75, 3.05) is 6.61 Å². The highest BCUT2D eigenvalue weighted by Gasteiger charge is 2.31. The third-order valence-electron chi connectivity index (χ3n) is 6.17. The van der Waals surface area contributed by atoms with Gasteiger partial charge in [-0.25, -0.2) is 4.79 Å². The van der Waals surface area contributed by atoms with Gasteiger partial charge in [0.05, 0.1) is 22.6 Å². The van der Waals surface area contributed by atoms with Gasteiger partial charge >= 0.3 is 5.97 Å². The Hall–Kier alpha value is -3.70. The predicted octanol–water partition coefficient (Wildman–Crippen LogP) is 7.82. The van der Waals surface area contributed by atoms with E-state index in [-0.39, 0.29) is 21.5 Å². The number of nitrogens with zero attached hydrogens (tertiary/aromatic N) is 1. The summed E-state index contributed by atoms with van der Waals surface area (Å²) in [4.78, 5) is 13.2. The molecular formula is C29H22Cl2N2O4S. The third kappa shape index (κ3) is 4.91. The topological polar surface area (TPSA) is 94.6 Å². The van der Waals surface area contributed by atoms with Crippen LogP contribution in [0.15, 0.2) is 72.1 Å². The minimum Gasteiger partial charge on any atom is -0.494 e. The molecule has 1 aromatic heterocycles. The average molecular weight is 565 g/mol. The first-order valence-corrected chi connectivity index (χ1v) is 13.5. The zero-order valence-corrected chi connectivity index (χ0v) is 22.6. The monoisotopic (exact) mass is 564 g/mol. The van der Waals surface area contributed by atoms with Crippen molar-refractivity contribution in [2.45, 2.75) is 25.7 Å². The maximum absolute atomic E-state index is 13.0.